The zero-order valence-corrected chi connectivity index (χ0v) is 11.1. The van der Waals surface area contributed by atoms with Crippen molar-refractivity contribution in [3.63, 3.8) is 0 Å². The maximum atomic E-state index is 11.3. The summed E-state index contributed by atoms with van der Waals surface area (Å²) in [5, 5.41) is 2.77. The van der Waals surface area contributed by atoms with Crippen molar-refractivity contribution in [2.24, 2.45) is 11.7 Å². The largest absolute Gasteiger partial charge is 0.373 e. The minimum absolute atomic E-state index is 0.0588. The molecular formula is C13H26N2O2. The summed E-state index contributed by atoms with van der Waals surface area (Å²) in [5.74, 6) is 0.736. The van der Waals surface area contributed by atoms with Gasteiger partial charge in [-0.25, -0.2) is 0 Å². The smallest absolute Gasteiger partial charge is 0.222 e. The Hall–Kier alpha value is -0.610. The number of ether oxygens (including phenoxy) is 1. The number of carbonyl (C=O) groups excluding carboxylic acids is 1. The highest BCUT2D eigenvalue weighted by Crippen LogP contribution is 2.34. The lowest BCUT2D eigenvalue weighted by atomic mass is 9.79. The fraction of sp³-hybridized carbons (Fsp3) is 0.923. The van der Waals surface area contributed by atoms with Crippen LogP contribution < -0.4 is 11.1 Å². The summed E-state index contributed by atoms with van der Waals surface area (Å²) in [6, 6.07) is 0. The van der Waals surface area contributed by atoms with Crippen LogP contribution in [-0.2, 0) is 9.53 Å². The predicted molar refractivity (Wildman–Crippen MR) is 68.7 cm³/mol. The molecule has 1 saturated carbocycles. The van der Waals surface area contributed by atoms with E-state index in [4.69, 9.17) is 10.5 Å². The van der Waals surface area contributed by atoms with Crippen LogP contribution >= 0.6 is 0 Å². The summed E-state index contributed by atoms with van der Waals surface area (Å²) >= 11 is 0. The predicted octanol–water partition coefficient (Wildman–Crippen LogP) is 1.44. The standard InChI is InChI=1S/C13H26N2O2/c1-3-15-12(16)6-8-17-13(10-14)7-4-5-11(2)9-13/h11H,3-10,14H2,1-2H3,(H,15,16). The van der Waals surface area contributed by atoms with E-state index in [9.17, 15) is 4.79 Å². The highest BCUT2D eigenvalue weighted by Gasteiger charge is 2.34. The van der Waals surface area contributed by atoms with Crippen molar-refractivity contribution in [3.05, 3.63) is 0 Å². The van der Waals surface area contributed by atoms with Crippen molar-refractivity contribution in [3.8, 4) is 0 Å². The van der Waals surface area contributed by atoms with Gasteiger partial charge in [0.1, 0.15) is 0 Å². The first-order valence-corrected chi connectivity index (χ1v) is 6.72. The molecule has 4 heteroatoms. The van der Waals surface area contributed by atoms with E-state index in [1.54, 1.807) is 0 Å². The molecule has 0 bridgehead atoms. The van der Waals surface area contributed by atoms with Crippen molar-refractivity contribution >= 4 is 5.91 Å². The van der Waals surface area contributed by atoms with Gasteiger partial charge in [0.15, 0.2) is 0 Å². The Morgan fingerprint density at radius 3 is 2.94 bits per heavy atom. The molecule has 100 valence electrons. The van der Waals surface area contributed by atoms with Crippen LogP contribution in [0, 0.1) is 5.92 Å². The molecule has 3 N–H and O–H groups in total. The number of nitrogens with two attached hydrogens (primary N) is 1. The number of nitrogens with one attached hydrogen (secondary N) is 1. The van der Waals surface area contributed by atoms with E-state index < -0.39 is 0 Å². The highest BCUT2D eigenvalue weighted by molar-refractivity contribution is 5.75. The van der Waals surface area contributed by atoms with Crippen LogP contribution in [0.5, 0.6) is 0 Å². The molecule has 0 aromatic rings. The average Bonchev–Trinajstić information content (AvgIpc) is 2.29. The minimum Gasteiger partial charge on any atom is -0.373 e. The first-order valence-electron chi connectivity index (χ1n) is 6.72. The van der Waals surface area contributed by atoms with Gasteiger partial charge in [0, 0.05) is 19.5 Å². The second-order valence-electron chi connectivity index (χ2n) is 5.14. The van der Waals surface area contributed by atoms with Gasteiger partial charge in [0.2, 0.25) is 5.91 Å². The van der Waals surface area contributed by atoms with Crippen molar-refractivity contribution < 1.29 is 9.53 Å². The van der Waals surface area contributed by atoms with Crippen molar-refractivity contribution in [1.29, 1.82) is 0 Å². The second-order valence-corrected chi connectivity index (χ2v) is 5.14. The molecular weight excluding hydrogens is 216 g/mol. The van der Waals surface area contributed by atoms with Crippen molar-refractivity contribution in [2.45, 2.75) is 51.6 Å². The lowest BCUT2D eigenvalue weighted by Crippen LogP contribution is -2.45. The van der Waals surface area contributed by atoms with Crippen LogP contribution in [-0.4, -0.2) is 31.2 Å². The third-order valence-electron chi connectivity index (χ3n) is 3.53. The van der Waals surface area contributed by atoms with Gasteiger partial charge in [0.05, 0.1) is 12.2 Å². The topological polar surface area (TPSA) is 64.3 Å². The fourth-order valence-electron chi connectivity index (χ4n) is 2.63. The van der Waals surface area contributed by atoms with Gasteiger partial charge in [0.25, 0.3) is 0 Å². The number of amides is 1. The van der Waals surface area contributed by atoms with Crippen molar-refractivity contribution in [2.75, 3.05) is 19.7 Å². The first kappa shape index (κ1) is 14.5. The molecule has 1 fully saturated rings. The third-order valence-corrected chi connectivity index (χ3v) is 3.53. The Morgan fingerprint density at radius 2 is 2.35 bits per heavy atom. The molecule has 0 spiro atoms. The Morgan fingerprint density at radius 1 is 1.59 bits per heavy atom. The van der Waals surface area contributed by atoms with E-state index >= 15 is 0 Å². The maximum Gasteiger partial charge on any atom is 0.222 e. The molecule has 1 rings (SSSR count). The summed E-state index contributed by atoms with van der Waals surface area (Å²) < 4.78 is 5.92. The van der Waals surface area contributed by atoms with Gasteiger partial charge < -0.3 is 15.8 Å². The molecule has 0 heterocycles. The van der Waals surface area contributed by atoms with E-state index in [0.29, 0.717) is 32.0 Å². The number of hydrogen-bond donors (Lipinski definition) is 2. The Bertz CT molecular complexity index is 246. The Kier molecular flexibility index (Phi) is 5.92. The van der Waals surface area contributed by atoms with E-state index in [1.165, 1.54) is 12.8 Å². The maximum absolute atomic E-state index is 11.3. The van der Waals surface area contributed by atoms with Crippen LogP contribution in [0.25, 0.3) is 0 Å². The van der Waals surface area contributed by atoms with Gasteiger partial charge in [-0.3, -0.25) is 4.79 Å². The van der Waals surface area contributed by atoms with Crippen LogP contribution in [0.2, 0.25) is 0 Å². The first-order chi connectivity index (χ1) is 8.12. The SMILES string of the molecule is CCNC(=O)CCOC1(CN)CCCC(C)C1. The molecule has 4 nitrogen and oxygen atoms in total. The van der Waals surface area contributed by atoms with Crippen LogP contribution in [0.3, 0.4) is 0 Å². The van der Waals surface area contributed by atoms with E-state index in [1.807, 2.05) is 6.92 Å². The summed E-state index contributed by atoms with van der Waals surface area (Å²) in [4.78, 5) is 11.3. The van der Waals surface area contributed by atoms with Gasteiger partial charge in [-0.2, -0.15) is 0 Å². The summed E-state index contributed by atoms with van der Waals surface area (Å²) in [7, 11) is 0. The molecule has 1 amide bonds. The molecule has 2 atom stereocenters. The summed E-state index contributed by atoms with van der Waals surface area (Å²) in [6.07, 6.45) is 4.94. The lowest BCUT2D eigenvalue weighted by Gasteiger charge is -2.39. The molecule has 2 unspecified atom stereocenters. The molecule has 0 aliphatic heterocycles. The molecule has 1 aliphatic rings. The average molecular weight is 242 g/mol. The lowest BCUT2D eigenvalue weighted by molar-refractivity contribution is -0.125. The number of rotatable bonds is 6. The van der Waals surface area contributed by atoms with E-state index in [-0.39, 0.29) is 11.5 Å². The van der Waals surface area contributed by atoms with E-state index in [2.05, 4.69) is 12.2 Å². The van der Waals surface area contributed by atoms with Crippen LogP contribution in [0.4, 0.5) is 0 Å². The van der Waals surface area contributed by atoms with Gasteiger partial charge in [-0.05, 0) is 25.7 Å². The monoisotopic (exact) mass is 242 g/mol. The molecule has 1 aliphatic carbocycles. The van der Waals surface area contributed by atoms with Gasteiger partial charge >= 0.3 is 0 Å². The summed E-state index contributed by atoms with van der Waals surface area (Å²) in [5.41, 5.74) is 5.67. The van der Waals surface area contributed by atoms with Crippen molar-refractivity contribution in [1.82, 2.24) is 5.32 Å². The van der Waals surface area contributed by atoms with Gasteiger partial charge in [-0.1, -0.05) is 19.8 Å². The van der Waals surface area contributed by atoms with E-state index in [0.717, 1.165) is 12.8 Å². The Labute approximate surface area is 104 Å². The normalized spacial score (nSPS) is 29.0. The zero-order valence-electron chi connectivity index (χ0n) is 11.1. The molecule has 0 aromatic heterocycles. The number of hydrogen-bond acceptors (Lipinski definition) is 3. The minimum atomic E-state index is -0.176. The Balaban J connectivity index is 2.33. The molecule has 0 saturated heterocycles. The fourth-order valence-corrected chi connectivity index (χ4v) is 2.63. The zero-order chi connectivity index (χ0) is 12.7. The highest BCUT2D eigenvalue weighted by atomic mass is 16.5. The molecule has 0 aromatic carbocycles. The number of carbonyl (C=O) groups is 1. The van der Waals surface area contributed by atoms with Gasteiger partial charge in [-0.15, -0.1) is 0 Å². The second kappa shape index (κ2) is 6.97. The molecule has 17 heavy (non-hydrogen) atoms. The molecule has 0 radical (unpaired) electrons. The van der Waals surface area contributed by atoms with Crippen LogP contribution in [0.15, 0.2) is 0 Å². The third kappa shape index (κ3) is 4.64. The van der Waals surface area contributed by atoms with Crippen LogP contribution in [0.1, 0.15) is 46.0 Å². The summed E-state index contributed by atoms with van der Waals surface area (Å²) in [6.45, 7) is 5.89. The quantitative estimate of drug-likeness (QED) is 0.740.